The van der Waals surface area contributed by atoms with Crippen molar-refractivity contribution < 1.29 is 0 Å². The summed E-state index contributed by atoms with van der Waals surface area (Å²) in [5.74, 6) is 0.943. The SMILES string of the molecule is Cc1cc(C)c(NP)nc1C. The van der Waals surface area contributed by atoms with Gasteiger partial charge >= 0.3 is 0 Å². The number of nitrogens with zero attached hydrogens (tertiary/aromatic N) is 1. The van der Waals surface area contributed by atoms with Gasteiger partial charge in [0.15, 0.2) is 0 Å². The standard InChI is InChI=1S/C8H13N2P/c1-5-4-6(2)8(10-11)9-7(5)3/h4H,11H2,1-3H3,(H,9,10). The average molecular weight is 168 g/mol. The number of aromatic nitrogens is 1. The van der Waals surface area contributed by atoms with Gasteiger partial charge in [-0.2, -0.15) is 0 Å². The van der Waals surface area contributed by atoms with Gasteiger partial charge in [-0.25, -0.2) is 4.98 Å². The van der Waals surface area contributed by atoms with Crippen LogP contribution in [0, 0.1) is 20.8 Å². The van der Waals surface area contributed by atoms with Gasteiger partial charge in [-0.15, -0.1) is 0 Å². The van der Waals surface area contributed by atoms with E-state index in [9.17, 15) is 0 Å². The monoisotopic (exact) mass is 168 g/mol. The molecule has 2 nitrogen and oxygen atoms in total. The Morgan fingerprint density at radius 3 is 2.45 bits per heavy atom. The number of hydrogen-bond acceptors (Lipinski definition) is 2. The molecule has 0 aliphatic heterocycles. The normalized spacial score (nSPS) is 9.82. The Hall–Kier alpha value is -0.620. The Morgan fingerprint density at radius 1 is 1.27 bits per heavy atom. The van der Waals surface area contributed by atoms with E-state index < -0.39 is 0 Å². The number of rotatable bonds is 1. The summed E-state index contributed by atoms with van der Waals surface area (Å²) in [5, 5.41) is 2.97. The molecule has 1 rings (SSSR count). The maximum Gasteiger partial charge on any atom is 0.132 e. The van der Waals surface area contributed by atoms with Crippen LogP contribution < -0.4 is 5.09 Å². The van der Waals surface area contributed by atoms with E-state index in [1.54, 1.807) is 0 Å². The lowest BCUT2D eigenvalue weighted by Crippen LogP contribution is -1.94. The van der Waals surface area contributed by atoms with Gasteiger partial charge in [-0.05, 0) is 41.3 Å². The summed E-state index contributed by atoms with van der Waals surface area (Å²) in [5.41, 5.74) is 3.51. The molecule has 1 aromatic heterocycles. The van der Waals surface area contributed by atoms with Crippen LogP contribution in [0.1, 0.15) is 16.8 Å². The summed E-state index contributed by atoms with van der Waals surface area (Å²) in [6.45, 7) is 6.13. The minimum Gasteiger partial charge on any atom is -0.354 e. The number of pyridine rings is 1. The third kappa shape index (κ3) is 1.69. The van der Waals surface area contributed by atoms with Crippen LogP contribution >= 0.6 is 9.39 Å². The van der Waals surface area contributed by atoms with Crippen LogP contribution in [0.2, 0.25) is 0 Å². The summed E-state index contributed by atoms with van der Waals surface area (Å²) >= 11 is 0. The van der Waals surface area contributed by atoms with Crippen molar-refractivity contribution in [2.45, 2.75) is 20.8 Å². The Labute approximate surface area is 69.7 Å². The van der Waals surface area contributed by atoms with Gasteiger partial charge in [-0.3, -0.25) is 0 Å². The van der Waals surface area contributed by atoms with E-state index in [1.165, 1.54) is 11.1 Å². The largest absolute Gasteiger partial charge is 0.354 e. The zero-order valence-corrected chi connectivity index (χ0v) is 8.26. The lowest BCUT2D eigenvalue weighted by Gasteiger charge is -2.06. The van der Waals surface area contributed by atoms with E-state index >= 15 is 0 Å². The molecule has 0 radical (unpaired) electrons. The number of anilines is 1. The van der Waals surface area contributed by atoms with E-state index in [4.69, 9.17) is 0 Å². The number of aryl methyl sites for hydroxylation is 3. The first-order chi connectivity index (χ1) is 5.15. The summed E-state index contributed by atoms with van der Waals surface area (Å²) in [6, 6.07) is 2.13. The molecule has 3 heteroatoms. The van der Waals surface area contributed by atoms with Gasteiger partial charge in [0.1, 0.15) is 5.82 Å². The van der Waals surface area contributed by atoms with Crippen LogP contribution in [-0.4, -0.2) is 4.98 Å². The molecule has 0 fully saturated rings. The molecule has 1 aromatic rings. The number of hydrogen-bond donors (Lipinski definition) is 1. The van der Waals surface area contributed by atoms with Crippen molar-refractivity contribution in [2.24, 2.45) is 0 Å². The lowest BCUT2D eigenvalue weighted by atomic mass is 10.2. The molecular weight excluding hydrogens is 155 g/mol. The molecule has 1 N–H and O–H groups in total. The second-order valence-electron chi connectivity index (χ2n) is 2.70. The molecule has 1 unspecified atom stereocenters. The molecule has 0 bridgehead atoms. The summed E-state index contributed by atoms with van der Waals surface area (Å²) in [6.07, 6.45) is 0. The zero-order valence-electron chi connectivity index (χ0n) is 7.10. The molecule has 0 amide bonds. The maximum absolute atomic E-state index is 4.36. The van der Waals surface area contributed by atoms with E-state index in [0.717, 1.165) is 11.5 Å². The Kier molecular flexibility index (Phi) is 2.45. The molecule has 0 aliphatic carbocycles. The fraction of sp³-hybridized carbons (Fsp3) is 0.375. The second kappa shape index (κ2) is 3.19. The summed E-state index contributed by atoms with van der Waals surface area (Å²) in [7, 11) is 2.45. The van der Waals surface area contributed by atoms with Crippen molar-refractivity contribution in [1.29, 1.82) is 0 Å². The Bertz CT molecular complexity index is 271. The van der Waals surface area contributed by atoms with Crippen LogP contribution in [0.4, 0.5) is 5.82 Å². The van der Waals surface area contributed by atoms with Gasteiger partial charge in [0.2, 0.25) is 0 Å². The molecule has 0 aliphatic rings. The quantitative estimate of drug-likeness (QED) is 0.650. The smallest absolute Gasteiger partial charge is 0.132 e. The molecule has 0 saturated heterocycles. The molecule has 0 aromatic carbocycles. The van der Waals surface area contributed by atoms with Crippen LogP contribution in [0.5, 0.6) is 0 Å². The highest BCUT2D eigenvalue weighted by atomic mass is 31.0. The third-order valence-corrected chi connectivity index (χ3v) is 2.07. The van der Waals surface area contributed by atoms with Crippen LogP contribution in [0.3, 0.4) is 0 Å². The topological polar surface area (TPSA) is 24.9 Å². The third-order valence-electron chi connectivity index (χ3n) is 1.79. The van der Waals surface area contributed by atoms with Gasteiger partial charge in [0.05, 0.1) is 0 Å². The first-order valence-electron chi connectivity index (χ1n) is 3.56. The Balaban J connectivity index is 3.21. The fourth-order valence-electron chi connectivity index (χ4n) is 0.988. The van der Waals surface area contributed by atoms with Crippen LogP contribution in [0.15, 0.2) is 6.07 Å². The predicted molar refractivity (Wildman–Crippen MR) is 51.8 cm³/mol. The summed E-state index contributed by atoms with van der Waals surface area (Å²) < 4.78 is 0. The minimum atomic E-state index is 0.943. The van der Waals surface area contributed by atoms with Gasteiger partial charge in [-0.1, -0.05) is 6.07 Å². The fourth-order valence-corrected chi connectivity index (χ4v) is 1.28. The van der Waals surface area contributed by atoms with E-state index in [2.05, 4.69) is 32.5 Å². The van der Waals surface area contributed by atoms with Crippen LogP contribution in [0.25, 0.3) is 0 Å². The van der Waals surface area contributed by atoms with Crippen molar-refractivity contribution in [3.05, 3.63) is 22.9 Å². The van der Waals surface area contributed by atoms with Crippen molar-refractivity contribution >= 4 is 15.2 Å². The van der Waals surface area contributed by atoms with E-state index in [-0.39, 0.29) is 0 Å². The molecule has 11 heavy (non-hydrogen) atoms. The molecule has 0 saturated carbocycles. The Morgan fingerprint density at radius 2 is 1.91 bits per heavy atom. The van der Waals surface area contributed by atoms with Crippen molar-refractivity contribution in [3.8, 4) is 0 Å². The van der Waals surface area contributed by atoms with Gasteiger partial charge < -0.3 is 5.09 Å². The van der Waals surface area contributed by atoms with E-state index in [0.29, 0.717) is 0 Å². The van der Waals surface area contributed by atoms with Gasteiger partial charge in [0.25, 0.3) is 0 Å². The second-order valence-corrected chi connectivity index (χ2v) is 2.99. The average Bonchev–Trinajstić information content (AvgIpc) is 1.97. The highest BCUT2D eigenvalue weighted by Gasteiger charge is 1.99. The van der Waals surface area contributed by atoms with Crippen LogP contribution in [-0.2, 0) is 0 Å². The molecule has 1 atom stereocenters. The predicted octanol–water partition coefficient (Wildman–Crippen LogP) is 2.21. The molecular formula is C8H13N2P. The lowest BCUT2D eigenvalue weighted by molar-refractivity contribution is 1.13. The molecule has 0 spiro atoms. The number of nitrogens with one attached hydrogen (secondary N) is 1. The highest BCUT2D eigenvalue weighted by molar-refractivity contribution is 7.18. The highest BCUT2D eigenvalue weighted by Crippen LogP contribution is 2.16. The summed E-state index contributed by atoms with van der Waals surface area (Å²) in [4.78, 5) is 4.36. The molecule has 60 valence electrons. The van der Waals surface area contributed by atoms with Gasteiger partial charge in [0, 0.05) is 5.69 Å². The van der Waals surface area contributed by atoms with Crippen molar-refractivity contribution in [1.82, 2.24) is 4.98 Å². The first-order valence-corrected chi connectivity index (χ1v) is 4.14. The zero-order chi connectivity index (χ0) is 8.43. The maximum atomic E-state index is 4.36. The van der Waals surface area contributed by atoms with Crippen molar-refractivity contribution in [2.75, 3.05) is 5.09 Å². The molecule has 1 heterocycles. The minimum absolute atomic E-state index is 0.943. The van der Waals surface area contributed by atoms with Crippen molar-refractivity contribution in [3.63, 3.8) is 0 Å². The van der Waals surface area contributed by atoms with E-state index in [1.807, 2.05) is 13.8 Å². The first kappa shape index (κ1) is 8.48.